The van der Waals surface area contributed by atoms with Gasteiger partial charge in [0.05, 0.1) is 16.6 Å². The van der Waals surface area contributed by atoms with Crippen LogP contribution in [0.2, 0.25) is 0 Å². The van der Waals surface area contributed by atoms with Crippen LogP contribution in [-0.4, -0.2) is 55.3 Å². The van der Waals surface area contributed by atoms with E-state index < -0.39 is 27.5 Å². The highest BCUT2D eigenvalue weighted by molar-refractivity contribution is 7.89. The Labute approximate surface area is 169 Å². The quantitative estimate of drug-likeness (QED) is 0.615. The summed E-state index contributed by atoms with van der Waals surface area (Å²) in [4.78, 5) is 38.7. The van der Waals surface area contributed by atoms with Crippen LogP contribution in [0.15, 0.2) is 34.0 Å². The zero-order valence-electron chi connectivity index (χ0n) is 16.8. The molecule has 1 heterocycles. The molecule has 0 spiro atoms. The van der Waals surface area contributed by atoms with Crippen LogP contribution in [0.5, 0.6) is 0 Å². The van der Waals surface area contributed by atoms with Crippen LogP contribution < -0.4 is 10.9 Å². The number of fused-ring (bicyclic) bond motifs is 1. The minimum Gasteiger partial charge on any atom is -0.462 e. The van der Waals surface area contributed by atoms with E-state index in [1.165, 1.54) is 22.5 Å². The number of nitrogens with one attached hydrogen (secondary N) is 2. The fourth-order valence-corrected chi connectivity index (χ4v) is 4.33. The molecule has 0 saturated carbocycles. The lowest BCUT2D eigenvalue weighted by molar-refractivity contribution is -0.146. The Bertz CT molecular complexity index is 1070. The average Bonchev–Trinajstić information content (AvgIpc) is 2.65. The van der Waals surface area contributed by atoms with E-state index in [-0.39, 0.29) is 28.5 Å². The maximum Gasteiger partial charge on any atom is 0.325 e. The number of carbonyl (C=O) groups excluding carboxylic acids is 2. The average molecular weight is 423 g/mol. The van der Waals surface area contributed by atoms with E-state index >= 15 is 0 Å². The predicted octanol–water partition coefficient (Wildman–Crippen LogP) is 1.24. The van der Waals surface area contributed by atoms with Gasteiger partial charge in [0.25, 0.3) is 5.91 Å². The summed E-state index contributed by atoms with van der Waals surface area (Å²) in [5.74, 6) is -1.30. The number of aromatic amines is 1. The molecule has 0 fully saturated rings. The zero-order valence-corrected chi connectivity index (χ0v) is 17.6. The second kappa shape index (κ2) is 9.19. The van der Waals surface area contributed by atoms with Crippen molar-refractivity contribution in [3.05, 3.63) is 40.2 Å². The Kier molecular flexibility index (Phi) is 7.15. The van der Waals surface area contributed by atoms with E-state index in [2.05, 4.69) is 10.3 Å². The molecule has 29 heavy (non-hydrogen) atoms. The third-order valence-corrected chi connectivity index (χ3v) is 6.21. The third kappa shape index (κ3) is 5.21. The van der Waals surface area contributed by atoms with E-state index in [0.29, 0.717) is 18.6 Å². The van der Waals surface area contributed by atoms with Gasteiger partial charge in [-0.25, -0.2) is 8.42 Å². The summed E-state index contributed by atoms with van der Waals surface area (Å²) < 4.78 is 31.8. The number of amides is 1. The molecule has 0 aliphatic heterocycles. The molecule has 0 atom stereocenters. The first kappa shape index (κ1) is 22.6. The minimum atomic E-state index is -3.75. The molecule has 0 saturated heterocycles. The number of pyridine rings is 1. The second-order valence-corrected chi connectivity index (χ2v) is 8.50. The number of esters is 1. The molecule has 1 amide bonds. The molecule has 0 radical (unpaired) electrons. The van der Waals surface area contributed by atoms with Gasteiger partial charge in [-0.1, -0.05) is 13.8 Å². The van der Waals surface area contributed by atoms with E-state index in [1.807, 2.05) is 0 Å². The number of aromatic nitrogens is 1. The lowest BCUT2D eigenvalue weighted by Gasteiger charge is -2.19. The Morgan fingerprint density at radius 3 is 2.41 bits per heavy atom. The highest BCUT2D eigenvalue weighted by Crippen LogP contribution is 2.22. The summed E-state index contributed by atoms with van der Waals surface area (Å²) in [5, 5.41) is 2.66. The molecule has 0 unspecified atom stereocenters. The number of ether oxygens (including phenoxy) is 1. The third-order valence-electron chi connectivity index (χ3n) is 4.16. The molecule has 10 heteroatoms. The van der Waals surface area contributed by atoms with Crippen molar-refractivity contribution in [2.45, 2.75) is 38.7 Å². The first-order valence-corrected chi connectivity index (χ1v) is 10.7. The monoisotopic (exact) mass is 423 g/mol. The van der Waals surface area contributed by atoms with Crippen LogP contribution in [0.3, 0.4) is 0 Å². The number of benzene rings is 1. The molecule has 9 nitrogen and oxygen atoms in total. The van der Waals surface area contributed by atoms with Gasteiger partial charge in [0.2, 0.25) is 15.6 Å². The number of rotatable bonds is 8. The van der Waals surface area contributed by atoms with Gasteiger partial charge < -0.3 is 15.0 Å². The Hall–Kier alpha value is -2.72. The Morgan fingerprint density at radius 1 is 1.17 bits per heavy atom. The van der Waals surface area contributed by atoms with Gasteiger partial charge in [0.1, 0.15) is 6.54 Å². The lowest BCUT2D eigenvalue weighted by Crippen LogP contribution is -2.32. The molecular weight excluding hydrogens is 398 g/mol. The maximum atomic E-state index is 12.8. The van der Waals surface area contributed by atoms with Gasteiger partial charge in [-0.15, -0.1) is 0 Å². The van der Waals surface area contributed by atoms with Gasteiger partial charge in [0, 0.05) is 30.1 Å². The Balaban J connectivity index is 2.46. The molecule has 0 aliphatic rings. The molecule has 1 aromatic heterocycles. The normalized spacial score (nSPS) is 11.8. The number of H-pyrrole nitrogens is 1. The van der Waals surface area contributed by atoms with Crippen LogP contribution >= 0.6 is 0 Å². The van der Waals surface area contributed by atoms with Crippen molar-refractivity contribution in [2.75, 3.05) is 19.6 Å². The van der Waals surface area contributed by atoms with Crippen molar-refractivity contribution in [3.63, 3.8) is 0 Å². The van der Waals surface area contributed by atoms with Crippen molar-refractivity contribution in [1.29, 1.82) is 0 Å². The largest absolute Gasteiger partial charge is 0.462 e. The van der Waals surface area contributed by atoms with E-state index in [4.69, 9.17) is 4.74 Å². The van der Waals surface area contributed by atoms with E-state index in [0.717, 1.165) is 6.07 Å². The van der Waals surface area contributed by atoms with Crippen LogP contribution in [0.25, 0.3) is 10.9 Å². The maximum absolute atomic E-state index is 12.8. The molecule has 158 valence electrons. The summed E-state index contributed by atoms with van der Waals surface area (Å²) in [6.07, 6.45) is -0.326. The molecule has 0 aliphatic carbocycles. The topological polar surface area (TPSA) is 126 Å². The number of hydrogen-bond acceptors (Lipinski definition) is 6. The summed E-state index contributed by atoms with van der Waals surface area (Å²) in [5.41, 5.74) is -0.240. The van der Waals surface area contributed by atoms with Crippen LogP contribution in [-0.2, 0) is 19.6 Å². The standard InChI is InChI=1S/C19H25N3O6S/c1-5-22(6-2)29(26,27)13-7-8-16-14(9-13)15(10-17(23)21-16)19(25)20-11-18(24)28-12(3)4/h7-10,12H,5-6,11H2,1-4H3,(H,20,25)(H,21,23). The van der Waals surface area contributed by atoms with E-state index in [9.17, 15) is 22.8 Å². The first-order chi connectivity index (χ1) is 13.6. The molecule has 2 rings (SSSR count). The summed E-state index contributed by atoms with van der Waals surface area (Å²) in [6.45, 7) is 7.05. The fourth-order valence-electron chi connectivity index (χ4n) is 2.85. The predicted molar refractivity (Wildman–Crippen MR) is 108 cm³/mol. The number of sulfonamides is 1. The molecule has 1 aromatic carbocycles. The molecule has 0 bridgehead atoms. The van der Waals surface area contributed by atoms with Crippen LogP contribution in [0, 0.1) is 0 Å². The Morgan fingerprint density at radius 2 is 1.83 bits per heavy atom. The van der Waals surface area contributed by atoms with Crippen LogP contribution in [0.1, 0.15) is 38.1 Å². The molecule has 2 aromatic rings. The molecule has 2 N–H and O–H groups in total. The van der Waals surface area contributed by atoms with Gasteiger partial charge in [-0.3, -0.25) is 14.4 Å². The van der Waals surface area contributed by atoms with Crippen molar-refractivity contribution in [1.82, 2.24) is 14.6 Å². The fraction of sp³-hybridized carbons (Fsp3) is 0.421. The van der Waals surface area contributed by atoms with Crippen LogP contribution in [0.4, 0.5) is 0 Å². The van der Waals surface area contributed by atoms with Gasteiger partial charge >= 0.3 is 5.97 Å². The van der Waals surface area contributed by atoms with Gasteiger partial charge in [-0.05, 0) is 32.0 Å². The van der Waals surface area contributed by atoms with Crippen molar-refractivity contribution < 1.29 is 22.7 Å². The van der Waals surface area contributed by atoms with Crippen molar-refractivity contribution in [3.8, 4) is 0 Å². The highest BCUT2D eigenvalue weighted by Gasteiger charge is 2.23. The summed E-state index contributed by atoms with van der Waals surface area (Å²) >= 11 is 0. The SMILES string of the molecule is CCN(CC)S(=O)(=O)c1ccc2[nH]c(=O)cc(C(=O)NCC(=O)OC(C)C)c2c1. The van der Waals surface area contributed by atoms with Gasteiger partial charge in [-0.2, -0.15) is 4.31 Å². The van der Waals surface area contributed by atoms with Crippen molar-refractivity contribution in [2.24, 2.45) is 0 Å². The minimum absolute atomic E-state index is 0.00835. The van der Waals surface area contributed by atoms with Gasteiger partial charge in [0.15, 0.2) is 0 Å². The summed E-state index contributed by atoms with van der Waals surface area (Å²) in [7, 11) is -3.75. The smallest absolute Gasteiger partial charge is 0.325 e. The summed E-state index contributed by atoms with van der Waals surface area (Å²) in [6, 6.07) is 5.24. The highest BCUT2D eigenvalue weighted by atomic mass is 32.2. The molecular formula is C19H25N3O6S. The van der Waals surface area contributed by atoms with Crippen molar-refractivity contribution >= 4 is 32.8 Å². The lowest BCUT2D eigenvalue weighted by atomic mass is 10.1. The number of carbonyl (C=O) groups is 2. The second-order valence-electron chi connectivity index (χ2n) is 6.57. The number of hydrogen-bond donors (Lipinski definition) is 2. The first-order valence-electron chi connectivity index (χ1n) is 9.25. The zero-order chi connectivity index (χ0) is 21.8. The number of nitrogens with zero attached hydrogens (tertiary/aromatic N) is 1. The van der Waals surface area contributed by atoms with E-state index in [1.54, 1.807) is 27.7 Å².